The summed E-state index contributed by atoms with van der Waals surface area (Å²) in [6.07, 6.45) is 2.17. The van der Waals surface area contributed by atoms with Gasteiger partial charge in [-0.1, -0.05) is 13.0 Å². The van der Waals surface area contributed by atoms with Gasteiger partial charge < -0.3 is 9.80 Å². The predicted molar refractivity (Wildman–Crippen MR) is 109 cm³/mol. The van der Waals surface area contributed by atoms with Crippen LogP contribution >= 0.6 is 11.3 Å². The number of benzene rings is 1. The first-order chi connectivity index (χ1) is 12.9. The monoisotopic (exact) mass is 387 g/mol. The Labute approximate surface area is 163 Å². The van der Waals surface area contributed by atoms with E-state index in [1.165, 1.54) is 6.07 Å². The number of amides is 1. The van der Waals surface area contributed by atoms with Crippen LogP contribution in [0.2, 0.25) is 0 Å². The maximum atomic E-state index is 12.9. The second kappa shape index (κ2) is 8.08. The van der Waals surface area contributed by atoms with E-state index in [1.54, 1.807) is 35.4 Å². The molecule has 0 radical (unpaired) electrons. The molecule has 144 valence electrons. The number of hydrogen-bond donors (Lipinski definition) is 0. The van der Waals surface area contributed by atoms with Gasteiger partial charge in [0.25, 0.3) is 11.6 Å². The molecule has 2 atom stereocenters. The molecule has 0 aliphatic carbocycles. The van der Waals surface area contributed by atoms with Crippen LogP contribution in [0.4, 0.5) is 11.4 Å². The van der Waals surface area contributed by atoms with Gasteiger partial charge in [-0.25, -0.2) is 0 Å². The minimum Gasteiger partial charge on any atom is -0.366 e. The van der Waals surface area contributed by atoms with Crippen molar-refractivity contribution in [3.05, 3.63) is 56.3 Å². The molecule has 7 heteroatoms. The van der Waals surface area contributed by atoms with E-state index in [0.717, 1.165) is 30.8 Å². The molecule has 1 aromatic carbocycles. The number of piperidine rings is 1. The molecule has 0 saturated carbocycles. The van der Waals surface area contributed by atoms with Crippen molar-refractivity contribution in [1.82, 2.24) is 4.90 Å². The molecule has 2 aromatic rings. The average molecular weight is 388 g/mol. The fraction of sp³-hybridized carbons (Fsp3) is 0.450. The maximum Gasteiger partial charge on any atom is 0.293 e. The molecule has 1 saturated heterocycles. The summed E-state index contributed by atoms with van der Waals surface area (Å²) in [6.45, 7) is 5.75. The number of hydrogen-bond acceptors (Lipinski definition) is 5. The van der Waals surface area contributed by atoms with Gasteiger partial charge in [0.2, 0.25) is 0 Å². The standard InChI is InChI=1S/C20H25N3O3S/c1-14-6-4-10-22(13-14)17-9-8-16(12-18(17)23(25)26)20(24)21(3)15(2)19-7-5-11-27-19/h5,7-9,11-12,14-15H,4,6,10,13H2,1-3H3. The number of carbonyl (C=O) groups excluding carboxylic acids is 1. The van der Waals surface area contributed by atoms with Gasteiger partial charge in [0.1, 0.15) is 5.69 Å². The lowest BCUT2D eigenvalue weighted by atomic mass is 9.99. The third-order valence-electron chi connectivity index (χ3n) is 5.27. The minimum atomic E-state index is -0.381. The van der Waals surface area contributed by atoms with Gasteiger partial charge in [0.15, 0.2) is 0 Å². The molecule has 3 rings (SSSR count). The van der Waals surface area contributed by atoms with Crippen molar-refractivity contribution in [3.63, 3.8) is 0 Å². The Morgan fingerprint density at radius 2 is 2.19 bits per heavy atom. The Hall–Kier alpha value is -2.41. The van der Waals surface area contributed by atoms with Gasteiger partial charge in [-0.05, 0) is 49.3 Å². The zero-order chi connectivity index (χ0) is 19.6. The number of rotatable bonds is 5. The third-order valence-corrected chi connectivity index (χ3v) is 6.32. The van der Waals surface area contributed by atoms with Crippen molar-refractivity contribution >= 4 is 28.6 Å². The largest absolute Gasteiger partial charge is 0.366 e. The summed E-state index contributed by atoms with van der Waals surface area (Å²) in [4.78, 5) is 29.0. The topological polar surface area (TPSA) is 66.7 Å². The lowest BCUT2D eigenvalue weighted by molar-refractivity contribution is -0.384. The van der Waals surface area contributed by atoms with E-state index >= 15 is 0 Å². The summed E-state index contributed by atoms with van der Waals surface area (Å²) in [5.74, 6) is 0.301. The summed E-state index contributed by atoms with van der Waals surface area (Å²) in [5.41, 5.74) is 0.964. The van der Waals surface area contributed by atoms with Crippen LogP contribution in [0.15, 0.2) is 35.7 Å². The first kappa shape index (κ1) is 19.4. The highest BCUT2D eigenvalue weighted by Gasteiger charge is 2.27. The highest BCUT2D eigenvalue weighted by atomic mass is 32.1. The number of nitro groups is 1. The first-order valence-electron chi connectivity index (χ1n) is 9.22. The molecule has 2 unspecified atom stereocenters. The lowest BCUT2D eigenvalue weighted by Crippen LogP contribution is -2.34. The number of carbonyl (C=O) groups is 1. The van der Waals surface area contributed by atoms with Gasteiger partial charge >= 0.3 is 0 Å². The van der Waals surface area contributed by atoms with Crippen molar-refractivity contribution in [2.45, 2.75) is 32.7 Å². The highest BCUT2D eigenvalue weighted by Crippen LogP contribution is 2.33. The fourth-order valence-corrected chi connectivity index (χ4v) is 4.40. The number of thiophene rings is 1. The molecule has 1 aliphatic heterocycles. The summed E-state index contributed by atoms with van der Waals surface area (Å²) >= 11 is 1.59. The van der Waals surface area contributed by atoms with Crippen molar-refractivity contribution in [2.75, 3.05) is 25.0 Å². The third kappa shape index (κ3) is 4.13. The molecular weight excluding hydrogens is 362 g/mol. The van der Waals surface area contributed by atoms with E-state index in [1.807, 2.05) is 24.4 Å². The lowest BCUT2D eigenvalue weighted by Gasteiger charge is -2.32. The van der Waals surface area contributed by atoms with Crippen LogP contribution in [-0.4, -0.2) is 35.9 Å². The Morgan fingerprint density at radius 1 is 1.41 bits per heavy atom. The average Bonchev–Trinajstić information content (AvgIpc) is 3.20. The molecule has 1 fully saturated rings. The SMILES string of the molecule is CC1CCCN(c2ccc(C(=O)N(C)C(C)c3cccs3)cc2[N+](=O)[O-])C1. The molecule has 0 N–H and O–H groups in total. The van der Waals surface area contributed by atoms with E-state index in [4.69, 9.17) is 0 Å². The Kier molecular flexibility index (Phi) is 5.79. The first-order valence-corrected chi connectivity index (χ1v) is 10.1. The van der Waals surface area contributed by atoms with Gasteiger partial charge in [-0.15, -0.1) is 11.3 Å². The van der Waals surface area contributed by atoms with Gasteiger partial charge in [-0.2, -0.15) is 0 Å². The summed E-state index contributed by atoms with van der Waals surface area (Å²) < 4.78 is 0. The van der Waals surface area contributed by atoms with E-state index in [-0.39, 0.29) is 22.6 Å². The minimum absolute atomic E-state index is 0.00660. The second-order valence-electron chi connectivity index (χ2n) is 7.26. The molecule has 1 amide bonds. The summed E-state index contributed by atoms with van der Waals surface area (Å²) in [7, 11) is 1.73. The molecule has 0 bridgehead atoms. The van der Waals surface area contributed by atoms with Gasteiger partial charge in [0, 0.05) is 36.6 Å². The van der Waals surface area contributed by atoms with Gasteiger partial charge in [-0.3, -0.25) is 14.9 Å². The molecule has 27 heavy (non-hydrogen) atoms. The molecule has 1 aliphatic rings. The maximum absolute atomic E-state index is 12.9. The van der Waals surface area contributed by atoms with Crippen molar-refractivity contribution in [1.29, 1.82) is 0 Å². The van der Waals surface area contributed by atoms with Crippen LogP contribution in [0.25, 0.3) is 0 Å². The number of nitrogens with zero attached hydrogens (tertiary/aromatic N) is 3. The van der Waals surface area contributed by atoms with Crippen molar-refractivity contribution in [3.8, 4) is 0 Å². The van der Waals surface area contributed by atoms with Crippen LogP contribution in [0, 0.1) is 16.0 Å². The second-order valence-corrected chi connectivity index (χ2v) is 8.24. The molecule has 6 nitrogen and oxygen atoms in total. The Balaban J connectivity index is 1.87. The summed E-state index contributed by atoms with van der Waals surface area (Å²) in [5, 5.41) is 13.6. The van der Waals surface area contributed by atoms with Crippen LogP contribution in [-0.2, 0) is 0 Å². The highest BCUT2D eigenvalue weighted by molar-refractivity contribution is 7.10. The number of nitro benzene ring substituents is 1. The zero-order valence-corrected chi connectivity index (χ0v) is 16.7. The van der Waals surface area contributed by atoms with E-state index in [9.17, 15) is 14.9 Å². The number of anilines is 1. The molecule has 2 heterocycles. The fourth-order valence-electron chi connectivity index (χ4n) is 3.58. The zero-order valence-electron chi connectivity index (χ0n) is 15.9. The molecule has 1 aromatic heterocycles. The van der Waals surface area contributed by atoms with E-state index in [2.05, 4.69) is 11.8 Å². The van der Waals surface area contributed by atoms with Crippen LogP contribution in [0.1, 0.15) is 48.0 Å². The summed E-state index contributed by atoms with van der Waals surface area (Å²) in [6, 6.07) is 8.72. The predicted octanol–water partition coefficient (Wildman–Crippen LogP) is 4.73. The van der Waals surface area contributed by atoms with Gasteiger partial charge in [0.05, 0.1) is 11.0 Å². The van der Waals surface area contributed by atoms with E-state index < -0.39 is 0 Å². The van der Waals surface area contributed by atoms with Crippen molar-refractivity contribution < 1.29 is 9.72 Å². The molecular formula is C20H25N3O3S. The van der Waals surface area contributed by atoms with Crippen LogP contribution < -0.4 is 4.90 Å². The normalized spacial score (nSPS) is 18.2. The Morgan fingerprint density at radius 3 is 2.81 bits per heavy atom. The van der Waals surface area contributed by atoms with Crippen LogP contribution in [0.3, 0.4) is 0 Å². The van der Waals surface area contributed by atoms with E-state index in [0.29, 0.717) is 17.2 Å². The smallest absolute Gasteiger partial charge is 0.293 e. The molecule has 0 spiro atoms. The quantitative estimate of drug-likeness (QED) is 0.550. The Bertz CT molecular complexity index is 822. The van der Waals surface area contributed by atoms with Crippen molar-refractivity contribution in [2.24, 2.45) is 5.92 Å². The van der Waals surface area contributed by atoms with Crippen LogP contribution in [0.5, 0.6) is 0 Å².